The third-order valence-corrected chi connectivity index (χ3v) is 3.42. The zero-order valence-electron chi connectivity index (χ0n) is 7.06. The lowest BCUT2D eigenvalue weighted by Gasteiger charge is -2.09. The van der Waals surface area contributed by atoms with Crippen molar-refractivity contribution < 1.29 is 0 Å². The lowest BCUT2D eigenvalue weighted by atomic mass is 10.0. The van der Waals surface area contributed by atoms with Crippen LogP contribution in [0.1, 0.15) is 32.6 Å². The summed E-state index contributed by atoms with van der Waals surface area (Å²) in [7, 11) is 0. The van der Waals surface area contributed by atoms with E-state index in [1.54, 1.807) is 0 Å². The Bertz CT molecular complexity index is 223. The van der Waals surface area contributed by atoms with Gasteiger partial charge in [-0.25, -0.2) is 0 Å². The van der Waals surface area contributed by atoms with Crippen LogP contribution in [0.2, 0.25) is 0 Å². The van der Waals surface area contributed by atoms with E-state index in [9.17, 15) is 0 Å². The van der Waals surface area contributed by atoms with E-state index in [1.807, 2.05) is 0 Å². The highest BCUT2D eigenvalue weighted by Crippen LogP contribution is 2.53. The lowest BCUT2D eigenvalue weighted by molar-refractivity contribution is 0.528. The van der Waals surface area contributed by atoms with Gasteiger partial charge < -0.3 is 5.73 Å². The fourth-order valence-electron chi connectivity index (χ4n) is 2.37. The molecule has 0 spiro atoms. The first-order valence-corrected chi connectivity index (χ1v) is 4.50. The van der Waals surface area contributed by atoms with Gasteiger partial charge in [-0.2, -0.15) is 0 Å². The Balaban J connectivity index is 2.08. The molecule has 2 rings (SSSR count). The van der Waals surface area contributed by atoms with Gasteiger partial charge in [0.05, 0.1) is 0 Å². The van der Waals surface area contributed by atoms with Crippen LogP contribution in [0.5, 0.6) is 0 Å². The van der Waals surface area contributed by atoms with Crippen molar-refractivity contribution in [3.8, 4) is 11.8 Å². The normalized spacial score (nSPS) is 47.8. The molecule has 1 heteroatoms. The lowest BCUT2D eigenvalue weighted by Crippen LogP contribution is -2.26. The Hall–Kier alpha value is -0.480. The minimum Gasteiger partial charge on any atom is -0.325 e. The van der Waals surface area contributed by atoms with E-state index in [4.69, 9.17) is 5.73 Å². The number of nitrogens with two attached hydrogens (primary N) is 1. The highest BCUT2D eigenvalue weighted by atomic mass is 14.9. The molecule has 3 unspecified atom stereocenters. The molecule has 0 heterocycles. The zero-order valence-corrected chi connectivity index (χ0v) is 7.06. The van der Waals surface area contributed by atoms with Crippen LogP contribution < -0.4 is 5.73 Å². The molecule has 2 aliphatic rings. The molecule has 60 valence electrons. The Labute approximate surface area is 68.4 Å². The molecule has 0 bridgehead atoms. The van der Waals surface area contributed by atoms with Gasteiger partial charge >= 0.3 is 0 Å². The van der Waals surface area contributed by atoms with Crippen LogP contribution in [-0.2, 0) is 0 Å². The van der Waals surface area contributed by atoms with Crippen molar-refractivity contribution >= 4 is 0 Å². The molecule has 1 saturated carbocycles. The van der Waals surface area contributed by atoms with Crippen molar-refractivity contribution in [1.29, 1.82) is 0 Å². The van der Waals surface area contributed by atoms with Crippen molar-refractivity contribution in [2.75, 3.05) is 0 Å². The second kappa shape index (κ2) is 2.25. The smallest absolute Gasteiger partial charge is 0.0224 e. The number of fused-ring (bicyclic) bond motifs is 1. The van der Waals surface area contributed by atoms with Crippen LogP contribution in [0, 0.1) is 23.7 Å². The maximum absolute atomic E-state index is 6.20. The summed E-state index contributed by atoms with van der Waals surface area (Å²) in [5.41, 5.74) is 6.37. The molecule has 11 heavy (non-hydrogen) atoms. The average molecular weight is 149 g/mol. The Morgan fingerprint density at radius 1 is 1.36 bits per heavy atom. The summed E-state index contributed by atoms with van der Waals surface area (Å²) in [5, 5.41) is 0. The highest BCUT2D eigenvalue weighted by Gasteiger charge is 2.57. The maximum atomic E-state index is 6.20. The van der Waals surface area contributed by atoms with Crippen molar-refractivity contribution in [3.63, 3.8) is 0 Å². The largest absolute Gasteiger partial charge is 0.325 e. The average Bonchev–Trinajstić information content (AvgIpc) is 2.40. The minimum absolute atomic E-state index is 0.176. The molecule has 0 aromatic heterocycles. The van der Waals surface area contributed by atoms with Gasteiger partial charge in [-0.3, -0.25) is 0 Å². The van der Waals surface area contributed by atoms with E-state index in [2.05, 4.69) is 18.8 Å². The van der Waals surface area contributed by atoms with Crippen molar-refractivity contribution in [2.24, 2.45) is 17.6 Å². The molecular weight excluding hydrogens is 134 g/mol. The maximum Gasteiger partial charge on any atom is 0.0224 e. The van der Waals surface area contributed by atoms with Crippen LogP contribution in [0.3, 0.4) is 0 Å². The number of hydrogen-bond donors (Lipinski definition) is 1. The first kappa shape index (κ1) is 7.18. The van der Waals surface area contributed by atoms with Gasteiger partial charge in [0.1, 0.15) is 0 Å². The number of rotatable bonds is 0. The van der Waals surface area contributed by atoms with Gasteiger partial charge in [0, 0.05) is 18.4 Å². The fraction of sp³-hybridized carbons (Fsp3) is 0.800. The third-order valence-electron chi connectivity index (χ3n) is 3.42. The molecule has 1 nitrogen and oxygen atoms in total. The second-order valence-electron chi connectivity index (χ2n) is 3.90. The topological polar surface area (TPSA) is 26.0 Å². The summed E-state index contributed by atoms with van der Waals surface area (Å²) < 4.78 is 0. The van der Waals surface area contributed by atoms with E-state index >= 15 is 0 Å². The number of hydrogen-bond acceptors (Lipinski definition) is 1. The molecule has 2 N–H and O–H groups in total. The monoisotopic (exact) mass is 149 g/mol. The Morgan fingerprint density at radius 2 is 2.09 bits per heavy atom. The molecular formula is C10H15N. The van der Waals surface area contributed by atoms with Crippen molar-refractivity contribution in [1.82, 2.24) is 0 Å². The van der Waals surface area contributed by atoms with Crippen LogP contribution in [0.25, 0.3) is 0 Å². The van der Waals surface area contributed by atoms with Crippen LogP contribution in [0.15, 0.2) is 0 Å². The Kier molecular flexibility index (Phi) is 1.47. The van der Waals surface area contributed by atoms with Crippen molar-refractivity contribution in [3.05, 3.63) is 0 Å². The van der Waals surface area contributed by atoms with Gasteiger partial charge in [0.25, 0.3) is 0 Å². The predicted molar refractivity (Wildman–Crippen MR) is 45.8 cm³/mol. The molecule has 0 aromatic carbocycles. The predicted octanol–water partition coefficient (Wildman–Crippen LogP) is 1.53. The van der Waals surface area contributed by atoms with E-state index in [1.165, 1.54) is 6.42 Å². The van der Waals surface area contributed by atoms with Crippen LogP contribution in [0.4, 0.5) is 0 Å². The molecule has 0 aliphatic heterocycles. The standard InChI is InChI=1S/C10H15N/c1-8-9-6-4-2-3-5-7-10(8,9)11/h8-9H,4-7,11H2,1H3. The second-order valence-corrected chi connectivity index (χ2v) is 3.90. The van der Waals surface area contributed by atoms with Gasteiger partial charge in [-0.05, 0) is 24.7 Å². The summed E-state index contributed by atoms with van der Waals surface area (Å²) in [6.45, 7) is 2.27. The van der Waals surface area contributed by atoms with E-state index in [0.29, 0.717) is 0 Å². The summed E-state index contributed by atoms with van der Waals surface area (Å²) in [5.74, 6) is 7.85. The molecule has 0 aromatic rings. The minimum atomic E-state index is 0.176. The van der Waals surface area contributed by atoms with Crippen molar-refractivity contribution in [2.45, 2.75) is 38.1 Å². The molecule has 0 saturated heterocycles. The molecule has 1 fully saturated rings. The summed E-state index contributed by atoms with van der Waals surface area (Å²) in [6.07, 6.45) is 4.42. The van der Waals surface area contributed by atoms with E-state index in [0.717, 1.165) is 31.1 Å². The Morgan fingerprint density at radius 3 is 2.91 bits per heavy atom. The van der Waals surface area contributed by atoms with E-state index in [-0.39, 0.29) is 5.54 Å². The van der Waals surface area contributed by atoms with E-state index < -0.39 is 0 Å². The van der Waals surface area contributed by atoms with Crippen LogP contribution in [-0.4, -0.2) is 5.54 Å². The van der Waals surface area contributed by atoms with Gasteiger partial charge in [-0.1, -0.05) is 6.92 Å². The quantitative estimate of drug-likeness (QED) is 0.519. The molecule has 3 atom stereocenters. The molecule has 2 aliphatic carbocycles. The molecule has 0 amide bonds. The molecule has 0 radical (unpaired) electrons. The highest BCUT2D eigenvalue weighted by molar-refractivity contribution is 5.18. The fourth-order valence-corrected chi connectivity index (χ4v) is 2.37. The summed E-state index contributed by atoms with van der Waals surface area (Å²) >= 11 is 0. The van der Waals surface area contributed by atoms with Gasteiger partial charge in [0.15, 0.2) is 0 Å². The first-order valence-electron chi connectivity index (χ1n) is 4.50. The zero-order chi connectivity index (χ0) is 7.90. The van der Waals surface area contributed by atoms with Gasteiger partial charge in [0.2, 0.25) is 0 Å². The third kappa shape index (κ3) is 0.973. The first-order chi connectivity index (χ1) is 5.25. The summed E-state index contributed by atoms with van der Waals surface area (Å²) in [6, 6.07) is 0. The summed E-state index contributed by atoms with van der Waals surface area (Å²) in [4.78, 5) is 0. The SMILES string of the molecule is CC1C2CCC#CCCC12N. The van der Waals surface area contributed by atoms with Gasteiger partial charge in [-0.15, -0.1) is 11.8 Å². The van der Waals surface area contributed by atoms with Crippen LogP contribution >= 0.6 is 0 Å².